The van der Waals surface area contributed by atoms with Gasteiger partial charge in [-0.2, -0.15) is 0 Å². The molecule has 0 radical (unpaired) electrons. The Balaban J connectivity index is 2.34. The first-order valence-electron chi connectivity index (χ1n) is 6.20. The predicted molar refractivity (Wildman–Crippen MR) is 72.8 cm³/mol. The number of rotatable bonds is 4. The van der Waals surface area contributed by atoms with Gasteiger partial charge < -0.3 is 5.73 Å². The summed E-state index contributed by atoms with van der Waals surface area (Å²) < 4.78 is 27.4. The van der Waals surface area contributed by atoms with Crippen molar-refractivity contribution in [3.63, 3.8) is 0 Å². The second kappa shape index (κ2) is 4.55. The van der Waals surface area contributed by atoms with Gasteiger partial charge >= 0.3 is 0 Å². The summed E-state index contributed by atoms with van der Waals surface area (Å²) in [5, 5.41) is 0. The van der Waals surface area contributed by atoms with E-state index in [1.54, 1.807) is 19.1 Å². The molecule has 2 rings (SSSR count). The maximum Gasteiger partial charge on any atom is 0.241 e. The van der Waals surface area contributed by atoms with Crippen LogP contribution in [-0.4, -0.2) is 14.5 Å². The van der Waals surface area contributed by atoms with Crippen LogP contribution in [0.5, 0.6) is 0 Å². The summed E-state index contributed by atoms with van der Waals surface area (Å²) in [6.45, 7) is 5.51. The zero-order valence-corrected chi connectivity index (χ0v) is 11.8. The lowest BCUT2D eigenvalue weighted by atomic mass is 10.1. The van der Waals surface area contributed by atoms with Gasteiger partial charge in [0.2, 0.25) is 10.0 Å². The summed E-state index contributed by atoms with van der Waals surface area (Å²) in [5.74, 6) is 0.488. The molecule has 0 aromatic heterocycles. The zero-order valence-electron chi connectivity index (χ0n) is 11.0. The predicted octanol–water partition coefficient (Wildman–Crippen LogP) is 1.96. The van der Waals surface area contributed by atoms with Crippen LogP contribution in [0.3, 0.4) is 0 Å². The number of hydrogen-bond donors (Lipinski definition) is 2. The van der Waals surface area contributed by atoms with E-state index in [0.29, 0.717) is 22.1 Å². The van der Waals surface area contributed by atoms with Crippen molar-refractivity contribution in [3.8, 4) is 0 Å². The van der Waals surface area contributed by atoms with E-state index in [9.17, 15) is 8.42 Å². The van der Waals surface area contributed by atoms with Crippen LogP contribution in [0, 0.1) is 19.8 Å². The lowest BCUT2D eigenvalue weighted by molar-refractivity contribution is 0.537. The summed E-state index contributed by atoms with van der Waals surface area (Å²) in [4.78, 5) is 0.299. The van der Waals surface area contributed by atoms with E-state index >= 15 is 0 Å². The first-order valence-corrected chi connectivity index (χ1v) is 7.68. The second-order valence-corrected chi connectivity index (χ2v) is 6.91. The molecule has 1 fully saturated rings. The molecule has 5 heteroatoms. The summed E-state index contributed by atoms with van der Waals surface area (Å²) >= 11 is 0. The van der Waals surface area contributed by atoms with Crippen LogP contribution in [0.4, 0.5) is 5.69 Å². The van der Waals surface area contributed by atoms with Crippen molar-refractivity contribution in [3.05, 3.63) is 23.3 Å². The number of anilines is 1. The van der Waals surface area contributed by atoms with Crippen molar-refractivity contribution in [1.82, 2.24) is 4.72 Å². The molecule has 1 saturated carbocycles. The fourth-order valence-electron chi connectivity index (χ4n) is 2.13. The minimum Gasteiger partial charge on any atom is -0.398 e. The molecule has 1 aliphatic carbocycles. The van der Waals surface area contributed by atoms with E-state index in [1.165, 1.54) is 0 Å². The fourth-order valence-corrected chi connectivity index (χ4v) is 3.80. The Hall–Kier alpha value is -1.07. The van der Waals surface area contributed by atoms with Crippen molar-refractivity contribution in [2.45, 2.75) is 44.6 Å². The Labute approximate surface area is 109 Å². The lowest BCUT2D eigenvalue weighted by Gasteiger charge is -2.16. The second-order valence-electron chi connectivity index (χ2n) is 5.22. The van der Waals surface area contributed by atoms with Crippen LogP contribution in [0.1, 0.15) is 30.9 Å². The summed E-state index contributed by atoms with van der Waals surface area (Å²) in [6, 6.07) is 3.46. The molecule has 100 valence electrons. The minimum atomic E-state index is -3.47. The summed E-state index contributed by atoms with van der Waals surface area (Å²) in [5.41, 5.74) is 7.83. The molecule has 0 aliphatic heterocycles. The molecule has 1 aliphatic rings. The molecule has 4 nitrogen and oxygen atoms in total. The lowest BCUT2D eigenvalue weighted by Crippen LogP contribution is -2.34. The smallest absolute Gasteiger partial charge is 0.241 e. The van der Waals surface area contributed by atoms with E-state index in [0.717, 1.165) is 18.4 Å². The molecular weight excluding hydrogens is 248 g/mol. The van der Waals surface area contributed by atoms with Crippen molar-refractivity contribution in [2.24, 2.45) is 5.92 Å². The molecule has 18 heavy (non-hydrogen) atoms. The number of nitrogen functional groups attached to an aromatic ring is 1. The molecule has 1 aromatic rings. The van der Waals surface area contributed by atoms with Gasteiger partial charge in [-0.25, -0.2) is 13.1 Å². The monoisotopic (exact) mass is 268 g/mol. The normalized spacial score (nSPS) is 17.7. The van der Waals surface area contributed by atoms with Gasteiger partial charge in [0.25, 0.3) is 0 Å². The Morgan fingerprint density at radius 3 is 2.50 bits per heavy atom. The van der Waals surface area contributed by atoms with Crippen molar-refractivity contribution >= 4 is 15.7 Å². The van der Waals surface area contributed by atoms with Gasteiger partial charge in [0.1, 0.15) is 0 Å². The number of nitrogens with two attached hydrogens (primary N) is 1. The standard InChI is InChI=1S/C13H20N2O2S/c1-8-6-12(14)9(2)13(7-8)18(16,17)15-10(3)11-4-5-11/h6-7,10-11,15H,4-5,14H2,1-3H3. The van der Waals surface area contributed by atoms with E-state index in [2.05, 4.69) is 4.72 Å². The molecular formula is C13H20N2O2S. The van der Waals surface area contributed by atoms with Gasteiger partial charge in [0.15, 0.2) is 0 Å². The first kappa shape index (κ1) is 13.4. The van der Waals surface area contributed by atoms with Crippen LogP contribution >= 0.6 is 0 Å². The van der Waals surface area contributed by atoms with Crippen molar-refractivity contribution < 1.29 is 8.42 Å². The van der Waals surface area contributed by atoms with E-state index < -0.39 is 10.0 Å². The Kier molecular flexibility index (Phi) is 3.38. The number of benzene rings is 1. The quantitative estimate of drug-likeness (QED) is 0.820. The van der Waals surface area contributed by atoms with E-state index in [4.69, 9.17) is 5.73 Å². The molecule has 1 aromatic carbocycles. The van der Waals surface area contributed by atoms with Crippen LogP contribution in [-0.2, 0) is 10.0 Å². The SMILES string of the molecule is Cc1cc(N)c(C)c(S(=O)(=O)NC(C)C2CC2)c1. The van der Waals surface area contributed by atoms with Gasteiger partial charge in [-0.05, 0) is 62.8 Å². The van der Waals surface area contributed by atoms with E-state index in [-0.39, 0.29) is 6.04 Å². The average molecular weight is 268 g/mol. The summed E-state index contributed by atoms with van der Waals surface area (Å²) in [7, 11) is -3.47. The highest BCUT2D eigenvalue weighted by Gasteiger charge is 2.31. The molecule has 3 N–H and O–H groups in total. The largest absolute Gasteiger partial charge is 0.398 e. The third-order valence-electron chi connectivity index (χ3n) is 3.50. The highest BCUT2D eigenvalue weighted by atomic mass is 32.2. The third kappa shape index (κ3) is 2.67. The topological polar surface area (TPSA) is 72.2 Å². The van der Waals surface area contributed by atoms with E-state index in [1.807, 2.05) is 13.8 Å². The molecule has 0 saturated heterocycles. The molecule has 0 spiro atoms. The third-order valence-corrected chi connectivity index (χ3v) is 5.19. The number of aryl methyl sites for hydroxylation is 1. The number of sulfonamides is 1. The van der Waals surface area contributed by atoms with Crippen LogP contribution in [0.2, 0.25) is 0 Å². The maximum atomic E-state index is 12.3. The Bertz CT molecular complexity index is 563. The molecule has 0 heterocycles. The van der Waals surface area contributed by atoms with Gasteiger partial charge in [-0.3, -0.25) is 0 Å². The molecule has 0 amide bonds. The molecule has 1 unspecified atom stereocenters. The number of hydrogen-bond acceptors (Lipinski definition) is 3. The molecule has 0 bridgehead atoms. The zero-order chi connectivity index (χ0) is 13.5. The highest BCUT2D eigenvalue weighted by molar-refractivity contribution is 7.89. The van der Waals surface area contributed by atoms with Crippen molar-refractivity contribution in [1.29, 1.82) is 0 Å². The Morgan fingerprint density at radius 2 is 1.94 bits per heavy atom. The van der Waals surface area contributed by atoms with Gasteiger partial charge in [-0.1, -0.05) is 0 Å². The van der Waals surface area contributed by atoms with Crippen LogP contribution in [0.25, 0.3) is 0 Å². The minimum absolute atomic E-state index is 0.00358. The van der Waals surface area contributed by atoms with Crippen LogP contribution < -0.4 is 10.5 Å². The highest BCUT2D eigenvalue weighted by Crippen LogP contribution is 2.33. The first-order chi connectivity index (χ1) is 8.31. The maximum absolute atomic E-state index is 12.3. The van der Waals surface area contributed by atoms with Gasteiger partial charge in [0, 0.05) is 11.7 Å². The fraction of sp³-hybridized carbons (Fsp3) is 0.538. The van der Waals surface area contributed by atoms with Crippen LogP contribution in [0.15, 0.2) is 17.0 Å². The van der Waals surface area contributed by atoms with Gasteiger partial charge in [-0.15, -0.1) is 0 Å². The van der Waals surface area contributed by atoms with Crippen molar-refractivity contribution in [2.75, 3.05) is 5.73 Å². The van der Waals surface area contributed by atoms with Gasteiger partial charge in [0.05, 0.1) is 4.90 Å². The summed E-state index contributed by atoms with van der Waals surface area (Å²) in [6.07, 6.45) is 2.22. The average Bonchev–Trinajstić information content (AvgIpc) is 3.05. The Morgan fingerprint density at radius 1 is 1.33 bits per heavy atom. The number of nitrogens with one attached hydrogen (secondary N) is 1. The molecule has 1 atom stereocenters.